The molecule has 4 rings (SSSR count). The molecule has 1 heterocycles. The summed E-state index contributed by atoms with van der Waals surface area (Å²) in [5.41, 5.74) is -3.12. The van der Waals surface area contributed by atoms with E-state index in [9.17, 15) is 37.1 Å². The van der Waals surface area contributed by atoms with Gasteiger partial charge in [0.15, 0.2) is 0 Å². The minimum Gasteiger partial charge on any atom is -0.550 e. The van der Waals surface area contributed by atoms with Gasteiger partial charge in [-0.25, -0.2) is 9.18 Å². The number of nitrogens with one attached hydrogen (secondary N) is 1. The molecule has 3 aromatic carbocycles. The third-order valence-electron chi connectivity index (χ3n) is 7.40. The van der Waals surface area contributed by atoms with Gasteiger partial charge in [0, 0.05) is 22.8 Å². The van der Waals surface area contributed by atoms with Gasteiger partial charge in [-0.1, -0.05) is 60.1 Å². The second-order valence-electron chi connectivity index (χ2n) is 10.2. The Hall–Kier alpha value is -3.42. The maximum atomic E-state index is 15.0. The maximum absolute atomic E-state index is 15.0. The number of nitrogens with zero attached hydrogens (tertiary/aromatic N) is 2. The van der Waals surface area contributed by atoms with E-state index in [1.54, 1.807) is 42.5 Å². The number of benzene rings is 3. The summed E-state index contributed by atoms with van der Waals surface area (Å²) in [7, 11) is 1.37. The largest absolute Gasteiger partial charge is 1.00 e. The number of halogens is 5. The van der Waals surface area contributed by atoms with Crippen LogP contribution in [0.25, 0.3) is 11.1 Å². The number of methoxy groups -OCH3 is 1. The standard InChI is InChI=1S/C32H30ClF4N3O5.Na/c1-19-28(21-11-6-14-26(45-2)29(21)33)30(43)40(18-25(20-9-4-3-5-10-20)38-16-8-15-27(41)42)31(44)39(19)17-22-23(32(35,36)37)12-7-13-24(22)34;/h3-7,9-14,25,38H,8,15-18H2,1-2H3,(H,41,42);/q;+1/p-1/t25-;/m0./s1. The van der Waals surface area contributed by atoms with Crippen molar-refractivity contribution in [3.05, 3.63) is 121 Å². The normalized spacial score (nSPS) is 12.0. The molecule has 14 heteroatoms. The van der Waals surface area contributed by atoms with Crippen molar-refractivity contribution < 1.29 is 61.8 Å². The molecule has 0 unspecified atom stereocenters. The minimum absolute atomic E-state index is 0. The van der Waals surface area contributed by atoms with Crippen molar-refractivity contribution in [1.29, 1.82) is 0 Å². The summed E-state index contributed by atoms with van der Waals surface area (Å²) in [5.74, 6) is -2.20. The van der Waals surface area contributed by atoms with E-state index in [-0.39, 0.29) is 83.1 Å². The molecule has 1 atom stereocenters. The quantitative estimate of drug-likeness (QED) is 0.140. The Bertz CT molecular complexity index is 1810. The van der Waals surface area contributed by atoms with E-state index in [4.69, 9.17) is 16.3 Å². The monoisotopic (exact) mass is 669 g/mol. The molecule has 1 aromatic heterocycles. The van der Waals surface area contributed by atoms with Crippen LogP contribution in [0.2, 0.25) is 5.02 Å². The van der Waals surface area contributed by atoms with Crippen LogP contribution in [0.4, 0.5) is 17.6 Å². The van der Waals surface area contributed by atoms with E-state index in [2.05, 4.69) is 5.32 Å². The molecule has 0 bridgehead atoms. The number of aliphatic carboxylic acids is 1. The number of hydrogen-bond acceptors (Lipinski definition) is 6. The molecule has 8 nitrogen and oxygen atoms in total. The van der Waals surface area contributed by atoms with Crippen LogP contribution in [0.15, 0.2) is 76.3 Å². The molecular weight excluding hydrogens is 641 g/mol. The van der Waals surface area contributed by atoms with Crippen molar-refractivity contribution in [3.63, 3.8) is 0 Å². The zero-order valence-corrected chi connectivity index (χ0v) is 28.0. The van der Waals surface area contributed by atoms with Gasteiger partial charge in [-0.05, 0) is 50.1 Å². The van der Waals surface area contributed by atoms with Gasteiger partial charge in [-0.2, -0.15) is 13.2 Å². The second kappa shape index (κ2) is 15.9. The van der Waals surface area contributed by atoms with E-state index >= 15 is 0 Å². The van der Waals surface area contributed by atoms with E-state index in [1.165, 1.54) is 20.1 Å². The van der Waals surface area contributed by atoms with Crippen molar-refractivity contribution in [2.24, 2.45) is 0 Å². The topological polar surface area (TPSA) is 105 Å². The molecule has 238 valence electrons. The number of carbonyl (C=O) groups is 1. The molecule has 0 amide bonds. The third-order valence-corrected chi connectivity index (χ3v) is 7.79. The first-order chi connectivity index (χ1) is 21.3. The predicted octanol–water partition coefficient (Wildman–Crippen LogP) is 1.72. The van der Waals surface area contributed by atoms with Crippen molar-refractivity contribution in [2.75, 3.05) is 13.7 Å². The number of carbonyl (C=O) groups excluding carboxylic acids is 1. The van der Waals surface area contributed by atoms with Crippen LogP contribution >= 0.6 is 11.6 Å². The summed E-state index contributed by atoms with van der Waals surface area (Å²) in [4.78, 5) is 39.1. The molecule has 0 aliphatic carbocycles. The van der Waals surface area contributed by atoms with Crippen LogP contribution in [0, 0.1) is 12.7 Å². The van der Waals surface area contributed by atoms with Gasteiger partial charge in [0.25, 0.3) is 5.56 Å². The first-order valence-electron chi connectivity index (χ1n) is 13.8. The summed E-state index contributed by atoms with van der Waals surface area (Å²) in [5, 5.41) is 14.1. The van der Waals surface area contributed by atoms with Crippen LogP contribution in [0.5, 0.6) is 5.75 Å². The number of alkyl halides is 3. The van der Waals surface area contributed by atoms with Crippen LogP contribution in [0.1, 0.15) is 41.3 Å². The Labute approximate surface area is 288 Å². The SMILES string of the molecule is COc1cccc(-c2c(C)n(Cc3c(F)cccc3C(F)(F)F)c(=O)n(C[C@H](NCCCC(=O)[O-])c3ccccc3)c2=O)c1Cl.[Na+]. The minimum atomic E-state index is -4.92. The van der Waals surface area contributed by atoms with Gasteiger partial charge in [-0.15, -0.1) is 0 Å². The van der Waals surface area contributed by atoms with Gasteiger partial charge in [-0.3, -0.25) is 13.9 Å². The zero-order chi connectivity index (χ0) is 32.9. The van der Waals surface area contributed by atoms with Crippen LogP contribution in [0.3, 0.4) is 0 Å². The Morgan fingerprint density at radius 2 is 1.70 bits per heavy atom. The number of rotatable bonds is 12. The van der Waals surface area contributed by atoms with Crippen molar-refractivity contribution >= 4 is 17.6 Å². The van der Waals surface area contributed by atoms with Crippen molar-refractivity contribution in [1.82, 2.24) is 14.5 Å². The van der Waals surface area contributed by atoms with Gasteiger partial charge >= 0.3 is 41.4 Å². The molecule has 0 saturated heterocycles. The Balaban J connectivity index is 0.00000576. The number of carboxylic acids is 1. The molecule has 46 heavy (non-hydrogen) atoms. The van der Waals surface area contributed by atoms with E-state index in [0.29, 0.717) is 5.56 Å². The van der Waals surface area contributed by atoms with Gasteiger partial charge in [0.2, 0.25) is 0 Å². The molecule has 0 spiro atoms. The number of carboxylic acid groups (broad SMARTS) is 1. The maximum Gasteiger partial charge on any atom is 1.00 e. The molecule has 0 radical (unpaired) electrons. The number of aromatic nitrogens is 2. The number of hydrogen-bond donors (Lipinski definition) is 1. The van der Waals surface area contributed by atoms with Crippen molar-refractivity contribution in [3.8, 4) is 16.9 Å². The smallest absolute Gasteiger partial charge is 0.550 e. The fourth-order valence-electron chi connectivity index (χ4n) is 5.13. The Morgan fingerprint density at radius 3 is 2.33 bits per heavy atom. The molecule has 1 N–H and O–H groups in total. The number of ether oxygens (including phenoxy) is 1. The van der Waals surface area contributed by atoms with E-state index in [0.717, 1.165) is 27.3 Å². The first kappa shape index (κ1) is 37.0. The Kier molecular flexibility index (Phi) is 12.8. The fourth-order valence-corrected chi connectivity index (χ4v) is 5.42. The summed E-state index contributed by atoms with van der Waals surface area (Å²) >= 11 is 6.58. The summed E-state index contributed by atoms with van der Waals surface area (Å²) in [6.07, 6.45) is -4.96. The average molecular weight is 670 g/mol. The van der Waals surface area contributed by atoms with Gasteiger partial charge in [0.05, 0.1) is 42.4 Å². The fraction of sp³-hybridized carbons (Fsp3) is 0.281. The van der Waals surface area contributed by atoms with Gasteiger partial charge in [0.1, 0.15) is 11.6 Å². The summed E-state index contributed by atoms with van der Waals surface area (Å²) in [6, 6.07) is 15.1. The molecule has 0 aliphatic rings. The molecule has 0 saturated carbocycles. The molecule has 0 fully saturated rings. The predicted molar refractivity (Wildman–Crippen MR) is 159 cm³/mol. The van der Waals surface area contributed by atoms with Crippen LogP contribution in [-0.2, 0) is 24.1 Å². The summed E-state index contributed by atoms with van der Waals surface area (Å²) in [6.45, 7) is 0.418. The van der Waals surface area contributed by atoms with Crippen molar-refractivity contribution in [2.45, 2.75) is 45.1 Å². The molecule has 0 aliphatic heterocycles. The first-order valence-corrected chi connectivity index (χ1v) is 14.2. The molecular formula is C32H29ClF4N3NaO5. The van der Waals surface area contributed by atoms with Crippen LogP contribution < -0.4 is 56.0 Å². The third kappa shape index (κ3) is 8.29. The van der Waals surface area contributed by atoms with Gasteiger partial charge < -0.3 is 20.0 Å². The second-order valence-corrected chi connectivity index (χ2v) is 10.6. The average Bonchev–Trinajstić information content (AvgIpc) is 2.99. The summed E-state index contributed by atoms with van der Waals surface area (Å²) < 4.78 is 63.8. The van der Waals surface area contributed by atoms with Crippen LogP contribution in [-0.4, -0.2) is 28.8 Å². The van der Waals surface area contributed by atoms with E-state index in [1.807, 2.05) is 0 Å². The Morgan fingerprint density at radius 1 is 1.02 bits per heavy atom. The van der Waals surface area contributed by atoms with E-state index < -0.39 is 52.9 Å². The molecule has 4 aromatic rings. The zero-order valence-electron chi connectivity index (χ0n) is 25.3.